The lowest BCUT2D eigenvalue weighted by molar-refractivity contribution is 0.176. The second-order valence-electron chi connectivity index (χ2n) is 3.89. The molecule has 1 aliphatic heterocycles. The molecule has 0 saturated carbocycles. The van der Waals surface area contributed by atoms with Gasteiger partial charge < -0.3 is 10.1 Å². The Kier molecular flexibility index (Phi) is 4.05. The van der Waals surface area contributed by atoms with Gasteiger partial charge in [0.05, 0.1) is 36.3 Å². The van der Waals surface area contributed by atoms with E-state index in [-0.39, 0.29) is 0 Å². The first kappa shape index (κ1) is 11.0. The standard InChI is InChI=1S/C10H17N3OS/c1-2-4-11-10(8-3-5-14-7-8)9-6-12-15-13-9/h6,8,10-11H,2-5,7H2,1H3. The van der Waals surface area contributed by atoms with Crippen LogP contribution in [0.4, 0.5) is 0 Å². The summed E-state index contributed by atoms with van der Waals surface area (Å²) in [6.07, 6.45) is 4.14. The van der Waals surface area contributed by atoms with E-state index in [4.69, 9.17) is 4.74 Å². The van der Waals surface area contributed by atoms with Gasteiger partial charge in [-0.2, -0.15) is 8.75 Å². The summed E-state index contributed by atoms with van der Waals surface area (Å²) < 4.78 is 13.8. The highest BCUT2D eigenvalue weighted by Gasteiger charge is 2.28. The minimum absolute atomic E-state index is 0.325. The molecule has 2 rings (SSSR count). The summed E-state index contributed by atoms with van der Waals surface area (Å²) in [5.74, 6) is 0.556. The monoisotopic (exact) mass is 227 g/mol. The van der Waals surface area contributed by atoms with E-state index in [1.54, 1.807) is 0 Å². The molecule has 1 aliphatic rings. The Hall–Kier alpha value is -0.520. The molecule has 1 aromatic heterocycles. The van der Waals surface area contributed by atoms with Crippen LogP contribution in [0.3, 0.4) is 0 Å². The lowest BCUT2D eigenvalue weighted by atomic mass is 9.96. The first-order valence-electron chi connectivity index (χ1n) is 5.50. The van der Waals surface area contributed by atoms with E-state index in [2.05, 4.69) is 21.0 Å². The molecule has 1 aromatic rings. The number of nitrogens with zero attached hydrogens (tertiary/aromatic N) is 2. The normalized spacial score (nSPS) is 23.1. The van der Waals surface area contributed by atoms with Crippen molar-refractivity contribution in [3.05, 3.63) is 11.9 Å². The molecule has 0 aromatic carbocycles. The first-order chi connectivity index (χ1) is 7.42. The summed E-state index contributed by atoms with van der Waals surface area (Å²) in [5, 5.41) is 3.54. The minimum atomic E-state index is 0.325. The molecule has 1 N–H and O–H groups in total. The fourth-order valence-corrected chi connectivity index (χ4v) is 2.39. The lowest BCUT2D eigenvalue weighted by Crippen LogP contribution is -2.29. The molecule has 4 nitrogen and oxygen atoms in total. The number of hydrogen-bond donors (Lipinski definition) is 1. The van der Waals surface area contributed by atoms with Crippen molar-refractivity contribution in [3.63, 3.8) is 0 Å². The zero-order valence-corrected chi connectivity index (χ0v) is 9.80. The van der Waals surface area contributed by atoms with Crippen LogP contribution in [-0.4, -0.2) is 28.5 Å². The zero-order valence-electron chi connectivity index (χ0n) is 8.98. The van der Waals surface area contributed by atoms with Crippen LogP contribution in [0.15, 0.2) is 6.20 Å². The molecule has 2 heterocycles. The van der Waals surface area contributed by atoms with Crippen LogP contribution in [0.5, 0.6) is 0 Å². The third-order valence-corrected chi connectivity index (χ3v) is 3.24. The smallest absolute Gasteiger partial charge is 0.0916 e. The van der Waals surface area contributed by atoms with Gasteiger partial charge in [0.15, 0.2) is 0 Å². The molecule has 0 radical (unpaired) electrons. The van der Waals surface area contributed by atoms with E-state index in [1.807, 2.05) is 6.20 Å². The number of ether oxygens (including phenoxy) is 1. The molecule has 15 heavy (non-hydrogen) atoms. The van der Waals surface area contributed by atoms with Gasteiger partial charge in [-0.05, 0) is 19.4 Å². The van der Waals surface area contributed by atoms with Crippen molar-refractivity contribution in [2.75, 3.05) is 19.8 Å². The van der Waals surface area contributed by atoms with E-state index in [9.17, 15) is 0 Å². The summed E-state index contributed by atoms with van der Waals surface area (Å²) >= 11 is 1.28. The van der Waals surface area contributed by atoms with Crippen molar-refractivity contribution in [2.45, 2.75) is 25.8 Å². The van der Waals surface area contributed by atoms with Gasteiger partial charge in [0, 0.05) is 12.5 Å². The maximum Gasteiger partial charge on any atom is 0.0916 e. The van der Waals surface area contributed by atoms with E-state index in [0.717, 1.165) is 38.3 Å². The Labute approximate surface area is 94.4 Å². The van der Waals surface area contributed by atoms with Gasteiger partial charge in [0.1, 0.15) is 0 Å². The molecule has 5 heteroatoms. The van der Waals surface area contributed by atoms with Crippen LogP contribution in [0.2, 0.25) is 0 Å². The van der Waals surface area contributed by atoms with Crippen molar-refractivity contribution in [1.29, 1.82) is 0 Å². The molecule has 2 atom stereocenters. The van der Waals surface area contributed by atoms with Crippen molar-refractivity contribution in [3.8, 4) is 0 Å². The largest absolute Gasteiger partial charge is 0.381 e. The van der Waals surface area contributed by atoms with Crippen molar-refractivity contribution in [2.24, 2.45) is 5.92 Å². The van der Waals surface area contributed by atoms with Gasteiger partial charge in [-0.1, -0.05) is 6.92 Å². The third kappa shape index (κ3) is 2.74. The Morgan fingerprint density at radius 3 is 3.27 bits per heavy atom. The van der Waals surface area contributed by atoms with Crippen molar-refractivity contribution >= 4 is 11.7 Å². The molecule has 0 bridgehead atoms. The SMILES string of the molecule is CCCNC(c1cnsn1)C1CCOC1. The summed E-state index contributed by atoms with van der Waals surface area (Å²) in [7, 11) is 0. The molecule has 0 amide bonds. The van der Waals surface area contributed by atoms with Crippen LogP contribution >= 0.6 is 11.7 Å². The number of rotatable bonds is 5. The topological polar surface area (TPSA) is 47.0 Å². The molecular weight excluding hydrogens is 210 g/mol. The third-order valence-electron chi connectivity index (χ3n) is 2.75. The van der Waals surface area contributed by atoms with Crippen molar-refractivity contribution < 1.29 is 4.74 Å². The maximum atomic E-state index is 5.43. The van der Waals surface area contributed by atoms with Gasteiger partial charge in [-0.25, -0.2) is 0 Å². The average Bonchev–Trinajstić information content (AvgIpc) is 2.90. The summed E-state index contributed by atoms with van der Waals surface area (Å²) in [4.78, 5) is 0. The Balaban J connectivity index is 2.01. The Morgan fingerprint density at radius 1 is 1.73 bits per heavy atom. The van der Waals surface area contributed by atoms with E-state index >= 15 is 0 Å². The van der Waals surface area contributed by atoms with Crippen LogP contribution in [0, 0.1) is 5.92 Å². The molecule has 1 saturated heterocycles. The summed E-state index contributed by atoms with van der Waals surface area (Å²) in [6.45, 7) is 4.93. The van der Waals surface area contributed by atoms with Crippen LogP contribution < -0.4 is 5.32 Å². The second-order valence-corrected chi connectivity index (χ2v) is 4.44. The lowest BCUT2D eigenvalue weighted by Gasteiger charge is -2.21. The minimum Gasteiger partial charge on any atom is -0.381 e. The first-order valence-corrected chi connectivity index (χ1v) is 6.23. The number of nitrogens with one attached hydrogen (secondary N) is 1. The van der Waals surface area contributed by atoms with Gasteiger partial charge in [-0.15, -0.1) is 0 Å². The van der Waals surface area contributed by atoms with Gasteiger partial charge >= 0.3 is 0 Å². The number of hydrogen-bond acceptors (Lipinski definition) is 5. The average molecular weight is 227 g/mol. The fraction of sp³-hybridized carbons (Fsp3) is 0.800. The molecular formula is C10H17N3OS. The second kappa shape index (κ2) is 5.53. The highest BCUT2D eigenvalue weighted by atomic mass is 32.1. The predicted molar refractivity (Wildman–Crippen MR) is 59.9 cm³/mol. The molecule has 2 unspecified atom stereocenters. The Morgan fingerprint density at radius 2 is 2.67 bits per heavy atom. The van der Waals surface area contributed by atoms with Gasteiger partial charge in [0.25, 0.3) is 0 Å². The highest BCUT2D eigenvalue weighted by Crippen LogP contribution is 2.27. The van der Waals surface area contributed by atoms with E-state index < -0.39 is 0 Å². The van der Waals surface area contributed by atoms with Gasteiger partial charge in [-0.3, -0.25) is 0 Å². The summed E-state index contributed by atoms with van der Waals surface area (Å²) in [6, 6.07) is 0.325. The fourth-order valence-electron chi connectivity index (χ4n) is 1.94. The quantitative estimate of drug-likeness (QED) is 0.830. The molecule has 1 fully saturated rings. The van der Waals surface area contributed by atoms with Gasteiger partial charge in [0.2, 0.25) is 0 Å². The predicted octanol–water partition coefficient (Wildman–Crippen LogP) is 1.62. The van der Waals surface area contributed by atoms with E-state index in [1.165, 1.54) is 11.7 Å². The Bertz CT molecular complexity index is 272. The van der Waals surface area contributed by atoms with Crippen molar-refractivity contribution in [1.82, 2.24) is 14.1 Å². The maximum absolute atomic E-state index is 5.43. The highest BCUT2D eigenvalue weighted by molar-refractivity contribution is 6.99. The van der Waals surface area contributed by atoms with Crippen LogP contribution in [-0.2, 0) is 4.74 Å². The molecule has 0 spiro atoms. The van der Waals surface area contributed by atoms with Crippen LogP contribution in [0.25, 0.3) is 0 Å². The molecule has 84 valence electrons. The number of aromatic nitrogens is 2. The zero-order chi connectivity index (χ0) is 10.5. The summed E-state index contributed by atoms with van der Waals surface area (Å²) in [5.41, 5.74) is 1.07. The molecule has 0 aliphatic carbocycles. The van der Waals surface area contributed by atoms with E-state index in [0.29, 0.717) is 12.0 Å². The van der Waals surface area contributed by atoms with Crippen LogP contribution in [0.1, 0.15) is 31.5 Å².